The van der Waals surface area contributed by atoms with Crippen molar-refractivity contribution in [2.45, 2.75) is 38.6 Å². The Morgan fingerprint density at radius 3 is 2.33 bits per heavy atom. The van der Waals surface area contributed by atoms with Crippen LogP contribution in [0.2, 0.25) is 0 Å². The van der Waals surface area contributed by atoms with E-state index in [0.717, 1.165) is 16.3 Å². The van der Waals surface area contributed by atoms with E-state index >= 15 is 0 Å². The number of ether oxygens (including phenoxy) is 1. The van der Waals surface area contributed by atoms with Crippen LogP contribution in [-0.2, 0) is 19.1 Å². The fourth-order valence-corrected chi connectivity index (χ4v) is 5.18. The summed E-state index contributed by atoms with van der Waals surface area (Å²) >= 11 is 1.30. The summed E-state index contributed by atoms with van der Waals surface area (Å²) in [5.41, 5.74) is 2.05. The van der Waals surface area contributed by atoms with Gasteiger partial charge in [0.1, 0.15) is 6.04 Å². The molecule has 0 fully saturated rings. The number of nitrogens with zero attached hydrogens (tertiary/aromatic N) is 2. The smallest absolute Gasteiger partial charge is 0.319 e. The lowest BCUT2D eigenvalue weighted by molar-refractivity contribution is -0.139. The average Bonchev–Trinajstić information content (AvgIpc) is 3.07. The summed E-state index contributed by atoms with van der Waals surface area (Å²) in [5.74, 6) is -0.644. The Kier molecular flexibility index (Phi) is 9.90. The van der Waals surface area contributed by atoms with Crippen LogP contribution in [0.1, 0.15) is 27.7 Å². The molecule has 3 aromatic carbocycles. The van der Waals surface area contributed by atoms with Crippen molar-refractivity contribution in [1.82, 2.24) is 5.32 Å². The van der Waals surface area contributed by atoms with E-state index < -0.39 is 17.5 Å². The number of carbonyl (C=O) groups is 4. The maximum Gasteiger partial charge on any atom is 0.319 e. The highest BCUT2D eigenvalue weighted by molar-refractivity contribution is 8.00. The van der Waals surface area contributed by atoms with Gasteiger partial charge in [-0.25, -0.2) is 4.79 Å². The van der Waals surface area contributed by atoms with Crippen LogP contribution in [0.15, 0.2) is 83.8 Å². The molecule has 0 saturated heterocycles. The van der Waals surface area contributed by atoms with Crippen LogP contribution in [0.3, 0.4) is 0 Å². The monoisotopic (exact) mass is 588 g/mol. The predicted octanol–water partition coefficient (Wildman–Crippen LogP) is 5.63. The maximum absolute atomic E-state index is 14.0. The lowest BCUT2D eigenvalue weighted by Crippen LogP contribution is -2.54. The van der Waals surface area contributed by atoms with Crippen molar-refractivity contribution in [1.29, 1.82) is 0 Å². The summed E-state index contributed by atoms with van der Waals surface area (Å²) in [6.45, 7) is 7.57. The summed E-state index contributed by atoms with van der Waals surface area (Å²) < 4.78 is 4.98. The van der Waals surface area contributed by atoms with Crippen molar-refractivity contribution in [2.24, 2.45) is 5.41 Å². The lowest BCUT2D eigenvalue weighted by atomic mass is 9.90. The number of nitrogens with one attached hydrogen (secondary N) is 2. The standard InChI is InChI=1S/C32H36N4O5S/c1-5-41-29(38)21-42-24-15-11-12-22(18-24)33-31(40)34-25-19-35(23-13-7-6-8-14-23)26-16-9-10-17-27(26)36(30(25)39)20-28(37)32(2,3)4/h6-18,25H,5,19-21H2,1-4H3,(H2,33,34,40). The quantitative estimate of drug-likeness (QED) is 0.246. The Labute approximate surface area is 250 Å². The van der Waals surface area contributed by atoms with E-state index in [1.807, 2.05) is 86.3 Å². The van der Waals surface area contributed by atoms with E-state index in [2.05, 4.69) is 10.6 Å². The van der Waals surface area contributed by atoms with Gasteiger partial charge in [0.15, 0.2) is 5.78 Å². The zero-order valence-corrected chi connectivity index (χ0v) is 25.1. The number of hydrogen-bond donors (Lipinski definition) is 2. The molecule has 3 amide bonds. The molecule has 0 aliphatic carbocycles. The number of para-hydroxylation sites is 3. The number of esters is 1. The first kappa shape index (κ1) is 30.6. The molecule has 1 atom stereocenters. The first-order valence-corrected chi connectivity index (χ1v) is 14.8. The molecule has 0 radical (unpaired) electrons. The van der Waals surface area contributed by atoms with Crippen molar-refractivity contribution in [3.8, 4) is 0 Å². The second-order valence-corrected chi connectivity index (χ2v) is 11.9. The first-order chi connectivity index (χ1) is 20.1. The minimum absolute atomic E-state index is 0.0980. The van der Waals surface area contributed by atoms with Crippen LogP contribution in [0.5, 0.6) is 0 Å². The molecule has 1 aliphatic rings. The number of benzene rings is 3. The molecule has 3 aromatic rings. The molecule has 1 aliphatic heterocycles. The maximum atomic E-state index is 14.0. The third-order valence-corrected chi connectivity index (χ3v) is 7.63. The Morgan fingerprint density at radius 1 is 0.952 bits per heavy atom. The molecule has 10 heteroatoms. The number of carbonyl (C=O) groups excluding carboxylic acids is 4. The summed E-state index contributed by atoms with van der Waals surface area (Å²) in [5, 5.41) is 5.65. The van der Waals surface area contributed by atoms with Crippen LogP contribution in [0, 0.1) is 5.41 Å². The van der Waals surface area contributed by atoms with E-state index in [1.54, 1.807) is 25.1 Å². The zero-order chi connectivity index (χ0) is 30.3. The Morgan fingerprint density at radius 2 is 1.64 bits per heavy atom. The summed E-state index contributed by atoms with van der Waals surface area (Å²) in [6, 6.07) is 22.6. The van der Waals surface area contributed by atoms with Crippen molar-refractivity contribution in [2.75, 3.05) is 40.6 Å². The molecule has 1 unspecified atom stereocenters. The number of amides is 3. The fraction of sp³-hybridized carbons (Fsp3) is 0.312. The van der Waals surface area contributed by atoms with Gasteiger partial charge in [-0.3, -0.25) is 14.4 Å². The van der Waals surface area contributed by atoms with Gasteiger partial charge in [-0.15, -0.1) is 11.8 Å². The van der Waals surface area contributed by atoms with Crippen LogP contribution in [0.4, 0.5) is 27.5 Å². The van der Waals surface area contributed by atoms with Gasteiger partial charge in [0.25, 0.3) is 5.91 Å². The highest BCUT2D eigenvalue weighted by Crippen LogP contribution is 2.37. The van der Waals surface area contributed by atoms with Crippen molar-refractivity contribution >= 4 is 58.2 Å². The molecule has 9 nitrogen and oxygen atoms in total. The normalized spacial score (nSPS) is 15.0. The van der Waals surface area contributed by atoms with E-state index in [9.17, 15) is 19.2 Å². The number of urea groups is 1. The highest BCUT2D eigenvalue weighted by Gasteiger charge is 2.37. The van der Waals surface area contributed by atoms with E-state index in [1.165, 1.54) is 16.7 Å². The molecule has 0 bridgehead atoms. The SMILES string of the molecule is CCOC(=O)CSc1cccc(NC(=O)NC2CN(c3ccccc3)c3ccccc3N(CC(=O)C(C)(C)C)C2=O)c1. The molecular weight excluding hydrogens is 552 g/mol. The number of anilines is 4. The van der Waals surface area contributed by atoms with Gasteiger partial charge in [-0.1, -0.05) is 57.2 Å². The van der Waals surface area contributed by atoms with Crippen LogP contribution < -0.4 is 20.4 Å². The van der Waals surface area contributed by atoms with Gasteiger partial charge in [-0.05, 0) is 49.4 Å². The Bertz CT molecular complexity index is 1440. The van der Waals surface area contributed by atoms with Crippen LogP contribution in [0.25, 0.3) is 0 Å². The summed E-state index contributed by atoms with van der Waals surface area (Å²) in [4.78, 5) is 56.4. The average molecular weight is 589 g/mol. The van der Waals surface area contributed by atoms with E-state index in [4.69, 9.17) is 4.74 Å². The van der Waals surface area contributed by atoms with Gasteiger partial charge in [0, 0.05) is 21.7 Å². The molecule has 0 aromatic heterocycles. The second-order valence-electron chi connectivity index (χ2n) is 10.8. The fourth-order valence-electron chi connectivity index (χ4n) is 4.42. The molecule has 220 valence electrons. The summed E-state index contributed by atoms with van der Waals surface area (Å²) in [7, 11) is 0. The van der Waals surface area contributed by atoms with Crippen molar-refractivity contribution in [3.63, 3.8) is 0 Å². The number of rotatable bonds is 9. The zero-order valence-electron chi connectivity index (χ0n) is 24.3. The van der Waals surface area contributed by atoms with Gasteiger partial charge in [-0.2, -0.15) is 0 Å². The Hall–Kier alpha value is -4.31. The third kappa shape index (κ3) is 7.70. The first-order valence-electron chi connectivity index (χ1n) is 13.8. The Balaban J connectivity index is 1.59. The second kappa shape index (κ2) is 13.6. The number of fused-ring (bicyclic) bond motifs is 1. The largest absolute Gasteiger partial charge is 0.465 e. The topological polar surface area (TPSA) is 108 Å². The molecule has 42 heavy (non-hydrogen) atoms. The number of Topliss-reactive ketones (excluding diaryl/α,β-unsaturated/α-hetero) is 1. The van der Waals surface area contributed by atoms with E-state index in [0.29, 0.717) is 18.0 Å². The van der Waals surface area contributed by atoms with Crippen LogP contribution >= 0.6 is 11.8 Å². The molecule has 4 rings (SSSR count). The molecule has 0 spiro atoms. The van der Waals surface area contributed by atoms with Gasteiger partial charge in [0.2, 0.25) is 0 Å². The third-order valence-electron chi connectivity index (χ3n) is 6.66. The molecule has 0 saturated carbocycles. The number of hydrogen-bond acceptors (Lipinski definition) is 7. The lowest BCUT2D eigenvalue weighted by Gasteiger charge is -2.28. The molecule has 1 heterocycles. The van der Waals surface area contributed by atoms with Crippen molar-refractivity contribution < 1.29 is 23.9 Å². The van der Waals surface area contributed by atoms with Gasteiger partial charge in [0.05, 0.1) is 36.8 Å². The number of ketones is 1. The molecule has 2 N–H and O–H groups in total. The predicted molar refractivity (Wildman–Crippen MR) is 166 cm³/mol. The molecular formula is C32H36N4O5S. The van der Waals surface area contributed by atoms with Crippen molar-refractivity contribution in [3.05, 3.63) is 78.9 Å². The van der Waals surface area contributed by atoms with Gasteiger partial charge >= 0.3 is 12.0 Å². The van der Waals surface area contributed by atoms with E-state index in [-0.39, 0.29) is 36.5 Å². The number of thioether (sulfide) groups is 1. The summed E-state index contributed by atoms with van der Waals surface area (Å²) in [6.07, 6.45) is 0. The van der Waals surface area contributed by atoms with Crippen LogP contribution in [-0.4, -0.2) is 55.2 Å². The highest BCUT2D eigenvalue weighted by atomic mass is 32.2. The minimum atomic E-state index is -0.966. The van der Waals surface area contributed by atoms with Gasteiger partial charge < -0.3 is 25.2 Å². The minimum Gasteiger partial charge on any atom is -0.465 e.